The summed E-state index contributed by atoms with van der Waals surface area (Å²) in [6.07, 6.45) is 0.734. The standard InChI is InChI=1S/C27H23FN2O4/c1-16(31)29-14-13-19(15-29)26-24(17-5-7-18(8-6-17)27(33)34)25-22(3-2-4-23(25)32)30(26)21-11-9-20(28)10-12-21/h2-12,19,32H,13-15H2,1H3,(H,33,34). The topological polar surface area (TPSA) is 82.8 Å². The number of carbonyl (C=O) groups is 2. The Morgan fingerprint density at radius 1 is 1.00 bits per heavy atom. The zero-order chi connectivity index (χ0) is 24.0. The maximum absolute atomic E-state index is 13.8. The lowest BCUT2D eigenvalue weighted by atomic mass is 9.93. The van der Waals surface area contributed by atoms with Crippen molar-refractivity contribution >= 4 is 22.8 Å². The van der Waals surface area contributed by atoms with Crippen LogP contribution in [0.1, 0.15) is 35.3 Å². The molecule has 0 aliphatic carbocycles. The number of hydrogen-bond acceptors (Lipinski definition) is 3. The van der Waals surface area contributed by atoms with E-state index in [1.165, 1.54) is 12.1 Å². The van der Waals surface area contributed by atoms with Crippen molar-refractivity contribution < 1.29 is 24.2 Å². The molecule has 172 valence electrons. The number of carboxylic acid groups (broad SMARTS) is 1. The van der Waals surface area contributed by atoms with E-state index in [9.17, 15) is 24.2 Å². The normalized spacial score (nSPS) is 15.7. The first kappa shape index (κ1) is 21.7. The number of hydrogen-bond donors (Lipinski definition) is 2. The highest BCUT2D eigenvalue weighted by molar-refractivity contribution is 6.03. The minimum Gasteiger partial charge on any atom is -0.507 e. The Labute approximate surface area is 195 Å². The van der Waals surface area contributed by atoms with E-state index in [1.807, 2.05) is 10.6 Å². The summed E-state index contributed by atoms with van der Waals surface area (Å²) in [5, 5.41) is 20.9. The molecule has 1 aromatic heterocycles. The van der Waals surface area contributed by atoms with Crippen molar-refractivity contribution in [3.63, 3.8) is 0 Å². The Kier molecular flexibility index (Phi) is 5.32. The van der Waals surface area contributed by atoms with E-state index in [-0.39, 0.29) is 29.0 Å². The molecule has 1 amide bonds. The smallest absolute Gasteiger partial charge is 0.335 e. The molecule has 3 aromatic carbocycles. The van der Waals surface area contributed by atoms with Crippen molar-refractivity contribution in [1.29, 1.82) is 0 Å². The Morgan fingerprint density at radius 3 is 2.32 bits per heavy atom. The van der Waals surface area contributed by atoms with E-state index >= 15 is 0 Å². The van der Waals surface area contributed by atoms with Crippen LogP contribution in [0, 0.1) is 5.82 Å². The van der Waals surface area contributed by atoms with Gasteiger partial charge in [0.2, 0.25) is 5.91 Å². The van der Waals surface area contributed by atoms with E-state index in [0.717, 1.165) is 34.4 Å². The van der Waals surface area contributed by atoms with Crippen LogP contribution in [0.3, 0.4) is 0 Å². The summed E-state index contributed by atoms with van der Waals surface area (Å²) >= 11 is 0. The van der Waals surface area contributed by atoms with E-state index < -0.39 is 5.97 Å². The molecule has 1 aliphatic rings. The van der Waals surface area contributed by atoms with E-state index in [0.29, 0.717) is 18.5 Å². The van der Waals surface area contributed by atoms with Crippen molar-refractivity contribution in [1.82, 2.24) is 9.47 Å². The summed E-state index contributed by atoms with van der Waals surface area (Å²) in [4.78, 5) is 25.3. The minimum absolute atomic E-state index is 0.00199. The van der Waals surface area contributed by atoms with Gasteiger partial charge in [0.25, 0.3) is 0 Å². The zero-order valence-corrected chi connectivity index (χ0v) is 18.5. The first-order valence-corrected chi connectivity index (χ1v) is 11.1. The molecule has 7 heteroatoms. The number of aromatic nitrogens is 1. The summed E-state index contributed by atoms with van der Waals surface area (Å²) in [5.41, 5.74) is 4.09. The Hall–Kier alpha value is -4.13. The van der Waals surface area contributed by atoms with Gasteiger partial charge in [-0.3, -0.25) is 4.79 Å². The van der Waals surface area contributed by atoms with Crippen LogP contribution in [-0.4, -0.2) is 44.6 Å². The monoisotopic (exact) mass is 458 g/mol. The van der Waals surface area contributed by atoms with Gasteiger partial charge >= 0.3 is 5.97 Å². The first-order chi connectivity index (χ1) is 16.3. The fourth-order valence-corrected chi connectivity index (χ4v) is 4.94. The zero-order valence-electron chi connectivity index (χ0n) is 18.5. The first-order valence-electron chi connectivity index (χ1n) is 11.1. The van der Waals surface area contributed by atoms with Gasteiger partial charge in [0.05, 0.1) is 11.1 Å². The summed E-state index contributed by atoms with van der Waals surface area (Å²) < 4.78 is 15.8. The fraction of sp³-hybridized carbons (Fsp3) is 0.185. The Morgan fingerprint density at radius 2 is 1.71 bits per heavy atom. The molecule has 5 rings (SSSR count). The van der Waals surface area contributed by atoms with Crippen LogP contribution in [0.15, 0.2) is 66.7 Å². The highest BCUT2D eigenvalue weighted by Crippen LogP contribution is 2.46. The number of likely N-dealkylation sites (tertiary alicyclic amines) is 1. The quantitative estimate of drug-likeness (QED) is 0.442. The van der Waals surface area contributed by atoms with Crippen molar-refractivity contribution in [2.24, 2.45) is 0 Å². The SMILES string of the molecule is CC(=O)N1CCC(c2c(-c3ccc(C(=O)O)cc3)c3c(O)cccc3n2-c2ccc(F)cc2)C1. The molecular weight excluding hydrogens is 435 g/mol. The van der Waals surface area contributed by atoms with Crippen molar-refractivity contribution in [3.05, 3.63) is 83.8 Å². The molecule has 1 unspecified atom stereocenters. The lowest BCUT2D eigenvalue weighted by Crippen LogP contribution is -2.25. The van der Waals surface area contributed by atoms with Crippen LogP contribution < -0.4 is 0 Å². The number of amides is 1. The molecule has 0 radical (unpaired) electrons. The highest BCUT2D eigenvalue weighted by Gasteiger charge is 2.33. The van der Waals surface area contributed by atoms with Gasteiger partial charge in [0.1, 0.15) is 11.6 Å². The summed E-state index contributed by atoms with van der Waals surface area (Å²) in [6.45, 7) is 2.69. The molecule has 4 aromatic rings. The number of halogens is 1. The average Bonchev–Trinajstić information content (AvgIpc) is 3.43. The summed E-state index contributed by atoms with van der Waals surface area (Å²) in [7, 11) is 0. The third-order valence-corrected chi connectivity index (χ3v) is 6.53. The number of phenols is 1. The fourth-order valence-electron chi connectivity index (χ4n) is 4.94. The maximum Gasteiger partial charge on any atom is 0.335 e. The third kappa shape index (κ3) is 3.59. The summed E-state index contributed by atoms with van der Waals surface area (Å²) in [5.74, 6) is -1.30. The second-order valence-electron chi connectivity index (χ2n) is 8.58. The molecule has 6 nitrogen and oxygen atoms in total. The molecule has 1 fully saturated rings. The van der Waals surface area contributed by atoms with Crippen LogP contribution in [0.4, 0.5) is 4.39 Å². The van der Waals surface area contributed by atoms with E-state index in [1.54, 1.807) is 60.4 Å². The second-order valence-corrected chi connectivity index (χ2v) is 8.58. The molecule has 0 spiro atoms. The number of benzene rings is 3. The van der Waals surface area contributed by atoms with Crippen molar-refractivity contribution in [2.45, 2.75) is 19.3 Å². The Bertz CT molecular complexity index is 1410. The minimum atomic E-state index is -1.02. The number of aromatic carboxylic acids is 1. The predicted octanol–water partition coefficient (Wildman–Crippen LogP) is 5.18. The predicted molar refractivity (Wildman–Crippen MR) is 127 cm³/mol. The number of phenolic OH excluding ortho intramolecular Hbond substituents is 1. The van der Waals surface area contributed by atoms with Crippen LogP contribution in [-0.2, 0) is 4.79 Å². The molecular formula is C27H23FN2O4. The van der Waals surface area contributed by atoms with Gasteiger partial charge in [-0.05, 0) is 60.5 Å². The number of fused-ring (bicyclic) bond motifs is 1. The van der Waals surface area contributed by atoms with Gasteiger partial charge in [0, 0.05) is 48.3 Å². The van der Waals surface area contributed by atoms with E-state index in [2.05, 4.69) is 0 Å². The number of carbonyl (C=O) groups excluding carboxylic acids is 1. The van der Waals surface area contributed by atoms with Gasteiger partial charge in [-0.2, -0.15) is 0 Å². The van der Waals surface area contributed by atoms with Crippen LogP contribution in [0.25, 0.3) is 27.7 Å². The van der Waals surface area contributed by atoms with Crippen LogP contribution in [0.2, 0.25) is 0 Å². The molecule has 1 saturated heterocycles. The molecule has 0 saturated carbocycles. The van der Waals surface area contributed by atoms with Crippen LogP contribution >= 0.6 is 0 Å². The van der Waals surface area contributed by atoms with E-state index in [4.69, 9.17) is 0 Å². The number of rotatable bonds is 4. The molecule has 34 heavy (non-hydrogen) atoms. The van der Waals surface area contributed by atoms with Gasteiger partial charge < -0.3 is 19.7 Å². The van der Waals surface area contributed by atoms with Gasteiger partial charge in [-0.25, -0.2) is 9.18 Å². The van der Waals surface area contributed by atoms with Crippen molar-refractivity contribution in [3.8, 4) is 22.6 Å². The highest BCUT2D eigenvalue weighted by atomic mass is 19.1. The number of carboxylic acids is 1. The lowest BCUT2D eigenvalue weighted by molar-refractivity contribution is -0.127. The molecule has 2 heterocycles. The largest absolute Gasteiger partial charge is 0.507 e. The van der Waals surface area contributed by atoms with Gasteiger partial charge in [-0.1, -0.05) is 18.2 Å². The van der Waals surface area contributed by atoms with Gasteiger partial charge in [0.15, 0.2) is 0 Å². The molecule has 2 N–H and O–H groups in total. The number of aromatic hydroxyl groups is 1. The van der Waals surface area contributed by atoms with Crippen molar-refractivity contribution in [2.75, 3.05) is 13.1 Å². The number of nitrogens with zero attached hydrogens (tertiary/aromatic N) is 2. The molecule has 1 atom stereocenters. The average molecular weight is 458 g/mol. The lowest BCUT2D eigenvalue weighted by Gasteiger charge is -2.19. The molecule has 0 bridgehead atoms. The molecule has 1 aliphatic heterocycles. The third-order valence-electron chi connectivity index (χ3n) is 6.53. The summed E-state index contributed by atoms with van der Waals surface area (Å²) in [6, 6.07) is 18.0. The van der Waals surface area contributed by atoms with Gasteiger partial charge in [-0.15, -0.1) is 0 Å². The maximum atomic E-state index is 13.8. The Balaban J connectivity index is 1.83. The second kappa shape index (κ2) is 8.33. The van der Waals surface area contributed by atoms with Crippen LogP contribution in [0.5, 0.6) is 5.75 Å².